The number of furan rings is 1. The predicted octanol–water partition coefficient (Wildman–Crippen LogP) is 16.0. The number of rotatable bonds is 7. The maximum atomic E-state index is 6.67. The molecule has 1 aromatic heterocycles. The summed E-state index contributed by atoms with van der Waals surface area (Å²) in [6.07, 6.45) is 0. The lowest BCUT2D eigenvalue weighted by molar-refractivity contribution is 0.669. The highest BCUT2D eigenvalue weighted by Gasteiger charge is 2.22. The molecule has 0 bridgehead atoms. The second kappa shape index (κ2) is 14.1. The van der Waals surface area contributed by atoms with E-state index in [1.54, 1.807) is 0 Å². The number of anilines is 3. The first-order chi connectivity index (χ1) is 28.8. The van der Waals surface area contributed by atoms with E-state index in [2.05, 4.69) is 223 Å². The van der Waals surface area contributed by atoms with Crippen molar-refractivity contribution in [2.75, 3.05) is 4.90 Å². The fraction of sp³-hybridized carbons (Fsp3) is 0. The third-order valence-electron chi connectivity index (χ3n) is 11.4. The van der Waals surface area contributed by atoms with Crippen LogP contribution in [0.4, 0.5) is 17.1 Å². The molecule has 1 heterocycles. The van der Waals surface area contributed by atoms with E-state index in [1.807, 2.05) is 6.07 Å². The summed E-state index contributed by atoms with van der Waals surface area (Å²) < 4.78 is 6.67. The van der Waals surface area contributed by atoms with Crippen LogP contribution in [0.15, 0.2) is 229 Å². The first kappa shape index (κ1) is 33.6. The summed E-state index contributed by atoms with van der Waals surface area (Å²) in [6, 6.07) is 80.6. The van der Waals surface area contributed by atoms with Crippen molar-refractivity contribution in [2.45, 2.75) is 0 Å². The van der Waals surface area contributed by atoms with Gasteiger partial charge in [-0.1, -0.05) is 182 Å². The van der Waals surface area contributed by atoms with E-state index >= 15 is 0 Å². The number of para-hydroxylation sites is 1. The van der Waals surface area contributed by atoms with Crippen LogP contribution in [0.3, 0.4) is 0 Å². The zero-order valence-corrected chi connectivity index (χ0v) is 31.7. The van der Waals surface area contributed by atoms with Crippen molar-refractivity contribution in [3.63, 3.8) is 0 Å². The Morgan fingerprint density at radius 1 is 0.276 bits per heavy atom. The molecule has 0 aliphatic rings. The van der Waals surface area contributed by atoms with E-state index in [9.17, 15) is 0 Å². The Morgan fingerprint density at radius 3 is 1.43 bits per heavy atom. The molecule has 11 rings (SSSR count). The Balaban J connectivity index is 1.18. The van der Waals surface area contributed by atoms with Gasteiger partial charge >= 0.3 is 0 Å². The quantitative estimate of drug-likeness (QED) is 0.151. The molecule has 0 spiro atoms. The number of hydrogen-bond donors (Lipinski definition) is 0. The molecule has 0 N–H and O–H groups in total. The average molecular weight is 740 g/mol. The SMILES string of the molecule is c1ccc(-c2ccc(N(c3cccc(-c4c(-c5ccccc5)c5ccccc5c5ccccc45)c3)c3cc(-c4ccccc4)c4c(c3)oc3ccccc34)cc2)cc1. The second-order valence-electron chi connectivity index (χ2n) is 14.8. The lowest BCUT2D eigenvalue weighted by Crippen LogP contribution is -2.10. The minimum atomic E-state index is 0.853. The molecule has 0 radical (unpaired) electrons. The molecule has 272 valence electrons. The van der Waals surface area contributed by atoms with Crippen LogP contribution in [0.25, 0.3) is 88.0 Å². The summed E-state index contributed by atoms with van der Waals surface area (Å²) in [4.78, 5) is 2.38. The molecule has 11 aromatic rings. The maximum absolute atomic E-state index is 6.67. The summed E-state index contributed by atoms with van der Waals surface area (Å²) in [6.45, 7) is 0. The Bertz CT molecular complexity index is 3260. The van der Waals surface area contributed by atoms with Crippen LogP contribution in [0.5, 0.6) is 0 Å². The molecule has 0 amide bonds. The highest BCUT2D eigenvalue weighted by molar-refractivity contribution is 6.22. The predicted molar refractivity (Wildman–Crippen MR) is 245 cm³/mol. The Kier molecular flexibility index (Phi) is 8.19. The van der Waals surface area contributed by atoms with E-state index in [4.69, 9.17) is 4.42 Å². The fourth-order valence-electron chi connectivity index (χ4n) is 8.84. The number of benzene rings is 10. The van der Waals surface area contributed by atoms with Crippen molar-refractivity contribution in [1.82, 2.24) is 0 Å². The topological polar surface area (TPSA) is 16.4 Å². The van der Waals surface area contributed by atoms with Crippen molar-refractivity contribution < 1.29 is 4.42 Å². The van der Waals surface area contributed by atoms with Gasteiger partial charge in [0.1, 0.15) is 11.2 Å². The van der Waals surface area contributed by atoms with Crippen LogP contribution in [0, 0.1) is 0 Å². The number of fused-ring (bicyclic) bond motifs is 6. The normalized spacial score (nSPS) is 11.4. The minimum Gasteiger partial charge on any atom is -0.456 e. The summed E-state index contributed by atoms with van der Waals surface area (Å²) in [5.74, 6) is 0. The molecular weight excluding hydrogens is 703 g/mol. The van der Waals surface area contributed by atoms with E-state index in [1.165, 1.54) is 49.4 Å². The van der Waals surface area contributed by atoms with Crippen molar-refractivity contribution in [3.8, 4) is 44.5 Å². The fourth-order valence-corrected chi connectivity index (χ4v) is 8.84. The lowest BCUT2D eigenvalue weighted by Gasteiger charge is -2.27. The van der Waals surface area contributed by atoms with E-state index in [-0.39, 0.29) is 0 Å². The van der Waals surface area contributed by atoms with Crippen molar-refractivity contribution in [2.24, 2.45) is 0 Å². The second-order valence-corrected chi connectivity index (χ2v) is 14.8. The van der Waals surface area contributed by atoms with Crippen molar-refractivity contribution in [3.05, 3.63) is 224 Å². The minimum absolute atomic E-state index is 0.853. The lowest BCUT2D eigenvalue weighted by atomic mass is 9.85. The first-order valence-electron chi connectivity index (χ1n) is 19.8. The molecule has 0 saturated carbocycles. The number of hydrogen-bond acceptors (Lipinski definition) is 2. The highest BCUT2D eigenvalue weighted by Crippen LogP contribution is 2.48. The maximum Gasteiger partial charge on any atom is 0.138 e. The number of nitrogens with zero attached hydrogens (tertiary/aromatic N) is 1. The summed E-state index contributed by atoms with van der Waals surface area (Å²) in [7, 11) is 0. The van der Waals surface area contributed by atoms with Crippen LogP contribution in [-0.2, 0) is 0 Å². The van der Waals surface area contributed by atoms with Crippen LogP contribution in [-0.4, -0.2) is 0 Å². The van der Waals surface area contributed by atoms with Gasteiger partial charge in [0.25, 0.3) is 0 Å². The molecular formula is C56H37NO. The van der Waals surface area contributed by atoms with Gasteiger partial charge in [-0.25, -0.2) is 0 Å². The first-order valence-corrected chi connectivity index (χ1v) is 19.8. The van der Waals surface area contributed by atoms with Gasteiger partial charge in [-0.2, -0.15) is 0 Å². The third-order valence-corrected chi connectivity index (χ3v) is 11.4. The summed E-state index contributed by atoms with van der Waals surface area (Å²) in [5.41, 5.74) is 14.3. The van der Waals surface area contributed by atoms with Gasteiger partial charge in [0, 0.05) is 28.2 Å². The standard InChI is InChI=1S/C56H37NO/c1-4-17-38(18-5-1)39-31-33-43(34-32-39)57(45-36-51(40-19-6-2-7-20-40)56-50-29-14-15-30-52(50)58-53(56)37-45)44-24-16-23-42(35-44)55-49-28-13-11-26-47(49)46-25-10-12-27-48(46)54(55)41-21-8-3-9-22-41/h1-37H. The van der Waals surface area contributed by atoms with Gasteiger partial charge in [-0.15, -0.1) is 0 Å². The molecule has 2 heteroatoms. The van der Waals surface area contributed by atoms with Gasteiger partial charge in [0.15, 0.2) is 0 Å². The van der Waals surface area contributed by atoms with Crippen LogP contribution in [0.2, 0.25) is 0 Å². The molecule has 2 nitrogen and oxygen atoms in total. The zero-order chi connectivity index (χ0) is 38.4. The average Bonchev–Trinajstić information content (AvgIpc) is 3.68. The molecule has 0 saturated heterocycles. The summed E-state index contributed by atoms with van der Waals surface area (Å²) >= 11 is 0. The Hall–Kier alpha value is -7.68. The van der Waals surface area contributed by atoms with Gasteiger partial charge in [0.2, 0.25) is 0 Å². The Morgan fingerprint density at radius 2 is 0.776 bits per heavy atom. The summed E-state index contributed by atoms with van der Waals surface area (Å²) in [5, 5.41) is 7.20. The van der Waals surface area contributed by atoms with Crippen molar-refractivity contribution >= 4 is 60.5 Å². The van der Waals surface area contributed by atoms with Gasteiger partial charge < -0.3 is 9.32 Å². The highest BCUT2D eigenvalue weighted by atomic mass is 16.3. The van der Waals surface area contributed by atoms with Crippen LogP contribution >= 0.6 is 0 Å². The van der Waals surface area contributed by atoms with Gasteiger partial charge in [-0.05, 0) is 102 Å². The van der Waals surface area contributed by atoms with Crippen molar-refractivity contribution in [1.29, 1.82) is 0 Å². The molecule has 0 aliphatic carbocycles. The van der Waals surface area contributed by atoms with E-state index < -0.39 is 0 Å². The van der Waals surface area contributed by atoms with Gasteiger partial charge in [0.05, 0.1) is 5.69 Å². The molecule has 0 aliphatic heterocycles. The third kappa shape index (κ3) is 5.74. The molecule has 10 aromatic carbocycles. The molecule has 0 unspecified atom stereocenters. The molecule has 0 atom stereocenters. The monoisotopic (exact) mass is 739 g/mol. The largest absolute Gasteiger partial charge is 0.456 e. The van der Waals surface area contributed by atoms with Crippen LogP contribution < -0.4 is 4.90 Å². The Labute approximate surface area is 337 Å². The van der Waals surface area contributed by atoms with Gasteiger partial charge in [-0.3, -0.25) is 0 Å². The van der Waals surface area contributed by atoms with E-state index in [0.29, 0.717) is 0 Å². The van der Waals surface area contributed by atoms with Crippen LogP contribution in [0.1, 0.15) is 0 Å². The zero-order valence-electron chi connectivity index (χ0n) is 31.7. The smallest absolute Gasteiger partial charge is 0.138 e. The molecule has 58 heavy (non-hydrogen) atoms. The molecule has 0 fully saturated rings. The van der Waals surface area contributed by atoms with E-state index in [0.717, 1.165) is 55.7 Å².